The number of aromatic hydroxyl groups is 1. The van der Waals surface area contributed by atoms with Crippen LogP contribution in [-0.4, -0.2) is 63.6 Å². The van der Waals surface area contributed by atoms with Gasteiger partial charge in [0.2, 0.25) is 0 Å². The van der Waals surface area contributed by atoms with E-state index in [1.807, 2.05) is 30.3 Å². The van der Waals surface area contributed by atoms with Crippen molar-refractivity contribution in [1.82, 2.24) is 9.88 Å². The number of morpholine rings is 1. The fourth-order valence-corrected chi connectivity index (χ4v) is 6.84. The van der Waals surface area contributed by atoms with Crippen molar-refractivity contribution in [3.05, 3.63) is 78.4 Å². The molecule has 0 aliphatic carbocycles. The van der Waals surface area contributed by atoms with Crippen LogP contribution >= 0.6 is 11.3 Å². The number of thiazole rings is 1. The number of para-hydroxylation sites is 1. The number of sulfonamides is 1. The van der Waals surface area contributed by atoms with Crippen LogP contribution in [0, 0.1) is 0 Å². The number of nitrogens with one attached hydrogen (secondary N) is 2. The molecule has 6 rings (SSSR count). The number of rotatable bonds is 10. The molecule has 1 fully saturated rings. The summed E-state index contributed by atoms with van der Waals surface area (Å²) >= 11 is 1.28. The summed E-state index contributed by atoms with van der Waals surface area (Å²) in [4.78, 5) is 6.94. The predicted octanol–water partition coefficient (Wildman–Crippen LogP) is 5.25. The molecule has 0 atom stereocenters. The molecule has 4 aromatic carbocycles. The molecule has 0 amide bonds. The molecule has 0 saturated carbocycles. The largest absolute Gasteiger partial charge is 0.504 e. The van der Waals surface area contributed by atoms with Gasteiger partial charge in [-0.25, -0.2) is 13.4 Å². The van der Waals surface area contributed by atoms with Crippen LogP contribution in [-0.2, 0) is 21.3 Å². The Bertz CT molecular complexity index is 1820. The Balaban J connectivity index is 1.13. The monoisotopic (exact) mass is 606 g/mol. The Morgan fingerprint density at radius 1 is 1.05 bits per heavy atom. The second-order valence-corrected chi connectivity index (χ2v) is 12.5. The van der Waals surface area contributed by atoms with Gasteiger partial charge in [-0.1, -0.05) is 29.5 Å². The summed E-state index contributed by atoms with van der Waals surface area (Å²) < 4.78 is 46.3. The number of methoxy groups -OCH3 is 1. The van der Waals surface area contributed by atoms with Crippen molar-refractivity contribution >= 4 is 53.2 Å². The molecule has 0 bridgehead atoms. The van der Waals surface area contributed by atoms with Gasteiger partial charge in [0.15, 0.2) is 16.6 Å². The van der Waals surface area contributed by atoms with Crippen molar-refractivity contribution in [3.8, 4) is 17.2 Å². The number of phenols is 1. The van der Waals surface area contributed by atoms with Crippen LogP contribution in [0.3, 0.4) is 0 Å². The van der Waals surface area contributed by atoms with Gasteiger partial charge in [-0.2, -0.15) is 0 Å². The minimum Gasteiger partial charge on any atom is -0.504 e. The van der Waals surface area contributed by atoms with Gasteiger partial charge in [-0.15, -0.1) is 0 Å². The Labute approximate surface area is 247 Å². The number of benzene rings is 4. The third-order valence-corrected chi connectivity index (χ3v) is 9.46. The number of nitrogens with zero attached hydrogens (tertiary/aromatic N) is 2. The van der Waals surface area contributed by atoms with Crippen LogP contribution < -0.4 is 19.5 Å². The number of aromatic nitrogens is 1. The van der Waals surface area contributed by atoms with Crippen LogP contribution in [0.5, 0.6) is 17.2 Å². The zero-order valence-electron chi connectivity index (χ0n) is 22.9. The van der Waals surface area contributed by atoms with Crippen LogP contribution in [0.1, 0.15) is 5.56 Å². The molecule has 1 aromatic heterocycles. The van der Waals surface area contributed by atoms with Crippen molar-refractivity contribution < 1.29 is 27.7 Å². The topological polar surface area (TPSA) is 122 Å². The van der Waals surface area contributed by atoms with Crippen LogP contribution in [0.15, 0.2) is 77.7 Å². The standard InChI is InChI=1S/C30H30N4O6S2/c1-38-26-4-2-3-21(29(26)35)18-31-22-6-9-24(10-7-22)42(36,37)33-30-32-28-25-11-8-23(17-20(25)5-12-27(28)41-30)40-19-34-13-15-39-16-14-34/h2-12,17,31,35H,13-16,18-19H2,1H3,(H,32,33). The molecule has 1 aliphatic heterocycles. The van der Waals surface area contributed by atoms with E-state index in [0.29, 0.717) is 48.6 Å². The zero-order valence-corrected chi connectivity index (χ0v) is 24.5. The Hall–Kier alpha value is -4.10. The predicted molar refractivity (Wildman–Crippen MR) is 164 cm³/mol. The van der Waals surface area contributed by atoms with Gasteiger partial charge >= 0.3 is 0 Å². The molecule has 42 heavy (non-hydrogen) atoms. The summed E-state index contributed by atoms with van der Waals surface area (Å²) in [6, 6.07) is 21.4. The molecule has 0 unspecified atom stereocenters. The summed E-state index contributed by atoms with van der Waals surface area (Å²) in [5.41, 5.74) is 2.10. The van der Waals surface area contributed by atoms with E-state index in [-0.39, 0.29) is 10.6 Å². The first-order valence-corrected chi connectivity index (χ1v) is 15.7. The minimum absolute atomic E-state index is 0.0667. The van der Waals surface area contributed by atoms with Gasteiger partial charge < -0.3 is 24.6 Å². The van der Waals surface area contributed by atoms with Gasteiger partial charge in [-0.3, -0.25) is 9.62 Å². The van der Waals surface area contributed by atoms with Gasteiger partial charge in [0, 0.05) is 36.3 Å². The maximum absolute atomic E-state index is 13.2. The Morgan fingerprint density at radius 2 is 1.86 bits per heavy atom. The lowest BCUT2D eigenvalue weighted by molar-refractivity contribution is 0.00410. The maximum Gasteiger partial charge on any atom is 0.263 e. The summed E-state index contributed by atoms with van der Waals surface area (Å²) in [7, 11) is -2.36. The third-order valence-electron chi connectivity index (χ3n) is 7.04. The van der Waals surface area contributed by atoms with Crippen LogP contribution in [0.4, 0.5) is 10.8 Å². The van der Waals surface area contributed by atoms with E-state index in [0.717, 1.165) is 39.8 Å². The molecule has 0 spiro atoms. The molecular formula is C30H30N4O6S2. The van der Waals surface area contributed by atoms with E-state index in [2.05, 4.69) is 19.9 Å². The SMILES string of the molecule is COc1cccc(CNc2ccc(S(=O)(=O)Nc3nc4c(ccc5cc(OCN6CCOCC6)ccc54)s3)cc2)c1O. The Morgan fingerprint density at radius 3 is 2.64 bits per heavy atom. The summed E-state index contributed by atoms with van der Waals surface area (Å²) in [6.45, 7) is 3.98. The number of ether oxygens (including phenoxy) is 3. The molecule has 218 valence electrons. The summed E-state index contributed by atoms with van der Waals surface area (Å²) in [6.07, 6.45) is 0. The molecule has 3 N–H and O–H groups in total. The highest BCUT2D eigenvalue weighted by Crippen LogP contribution is 2.34. The van der Waals surface area contributed by atoms with Crippen molar-refractivity contribution in [3.63, 3.8) is 0 Å². The molecule has 1 aliphatic rings. The quantitative estimate of drug-likeness (QED) is 0.196. The lowest BCUT2D eigenvalue weighted by atomic mass is 10.1. The second-order valence-electron chi connectivity index (χ2n) is 9.77. The van der Waals surface area contributed by atoms with Gasteiger partial charge in [0.05, 0.1) is 35.4 Å². The number of hydrogen-bond acceptors (Lipinski definition) is 10. The first-order valence-electron chi connectivity index (χ1n) is 13.4. The molecule has 0 radical (unpaired) electrons. The minimum atomic E-state index is -3.86. The van der Waals surface area contributed by atoms with Crippen LogP contribution in [0.2, 0.25) is 0 Å². The number of anilines is 2. The van der Waals surface area contributed by atoms with Crippen molar-refractivity contribution in [2.24, 2.45) is 0 Å². The zero-order chi connectivity index (χ0) is 29.1. The van der Waals surface area contributed by atoms with E-state index < -0.39 is 10.0 Å². The summed E-state index contributed by atoms with van der Waals surface area (Å²) in [5.74, 6) is 1.22. The number of hydrogen-bond donors (Lipinski definition) is 3. The molecular weight excluding hydrogens is 576 g/mol. The lowest BCUT2D eigenvalue weighted by Crippen LogP contribution is -2.38. The van der Waals surface area contributed by atoms with E-state index in [1.54, 1.807) is 30.3 Å². The van der Waals surface area contributed by atoms with Crippen LogP contribution in [0.25, 0.3) is 21.0 Å². The smallest absolute Gasteiger partial charge is 0.263 e. The van der Waals surface area contributed by atoms with E-state index in [4.69, 9.17) is 14.2 Å². The molecule has 2 heterocycles. The third kappa shape index (κ3) is 6.07. The number of phenolic OH excluding ortho intramolecular Hbond substituents is 1. The summed E-state index contributed by atoms with van der Waals surface area (Å²) in [5, 5.41) is 15.6. The molecule has 5 aromatic rings. The lowest BCUT2D eigenvalue weighted by Gasteiger charge is -2.26. The molecule has 12 heteroatoms. The molecule has 10 nitrogen and oxygen atoms in total. The maximum atomic E-state index is 13.2. The van der Waals surface area contributed by atoms with E-state index in [9.17, 15) is 13.5 Å². The van der Waals surface area contributed by atoms with E-state index >= 15 is 0 Å². The van der Waals surface area contributed by atoms with Gasteiger partial charge in [0.1, 0.15) is 12.5 Å². The normalized spacial score (nSPS) is 14.2. The van der Waals surface area contributed by atoms with Gasteiger partial charge in [-0.05, 0) is 60.0 Å². The van der Waals surface area contributed by atoms with Crippen molar-refractivity contribution in [2.45, 2.75) is 11.4 Å². The van der Waals surface area contributed by atoms with Crippen molar-refractivity contribution in [2.75, 3.05) is 50.2 Å². The average molecular weight is 607 g/mol. The fourth-order valence-electron chi connectivity index (χ4n) is 4.73. The Kier molecular flexibility index (Phi) is 8.02. The molecule has 1 saturated heterocycles. The first kappa shape index (κ1) is 28.0. The highest BCUT2D eigenvalue weighted by atomic mass is 32.2. The first-order chi connectivity index (χ1) is 20.4. The highest BCUT2D eigenvalue weighted by molar-refractivity contribution is 7.93. The number of fused-ring (bicyclic) bond motifs is 3. The van der Waals surface area contributed by atoms with E-state index in [1.165, 1.54) is 30.6 Å². The average Bonchev–Trinajstić information content (AvgIpc) is 3.42. The van der Waals surface area contributed by atoms with Crippen molar-refractivity contribution in [1.29, 1.82) is 0 Å². The van der Waals surface area contributed by atoms with Gasteiger partial charge in [0.25, 0.3) is 10.0 Å². The second kappa shape index (κ2) is 12.0. The highest BCUT2D eigenvalue weighted by Gasteiger charge is 2.18. The fraction of sp³-hybridized carbons (Fsp3) is 0.233.